The Morgan fingerprint density at radius 3 is 2.83 bits per heavy atom. The molecule has 8 heteroatoms. The van der Waals surface area contributed by atoms with Gasteiger partial charge in [-0.2, -0.15) is 0 Å². The van der Waals surface area contributed by atoms with Crippen molar-refractivity contribution < 1.29 is 8.42 Å². The fourth-order valence-corrected chi connectivity index (χ4v) is 2.56. The molecule has 96 valence electrons. The van der Waals surface area contributed by atoms with Crippen LogP contribution in [-0.4, -0.2) is 18.0 Å². The van der Waals surface area contributed by atoms with E-state index < -0.39 is 10.0 Å². The molecule has 1 unspecified atom stereocenters. The van der Waals surface area contributed by atoms with Crippen molar-refractivity contribution in [2.45, 2.75) is 17.9 Å². The Balaban J connectivity index is 2.23. The predicted octanol–water partition coefficient (Wildman–Crippen LogP) is 1.36. The van der Waals surface area contributed by atoms with Crippen molar-refractivity contribution in [2.75, 3.05) is 5.32 Å². The van der Waals surface area contributed by atoms with Crippen LogP contribution in [0.4, 0.5) is 5.00 Å². The molecule has 0 fully saturated rings. The first-order chi connectivity index (χ1) is 8.47. The average Bonchev–Trinajstić information content (AvgIpc) is 2.81. The molecule has 2 rings (SSSR count). The van der Waals surface area contributed by atoms with Crippen LogP contribution in [0.3, 0.4) is 0 Å². The van der Waals surface area contributed by atoms with E-state index >= 15 is 0 Å². The van der Waals surface area contributed by atoms with Crippen LogP contribution < -0.4 is 10.5 Å². The van der Waals surface area contributed by atoms with E-state index in [0.717, 1.165) is 10.6 Å². The van der Waals surface area contributed by atoms with Crippen LogP contribution >= 0.6 is 11.5 Å². The highest BCUT2D eigenvalue weighted by atomic mass is 32.2. The largest absolute Gasteiger partial charge is 0.368 e. The third kappa shape index (κ3) is 3.03. The number of nitrogens with two attached hydrogens (primary N) is 1. The maximum Gasteiger partial charge on any atom is 0.238 e. The number of sulfonamides is 1. The number of anilines is 1. The number of nitrogens with one attached hydrogen (secondary N) is 1. The molecule has 1 atom stereocenters. The fraction of sp³-hybridized carbons (Fsp3) is 0.200. The van der Waals surface area contributed by atoms with E-state index in [1.807, 2.05) is 13.0 Å². The maximum absolute atomic E-state index is 11.3. The van der Waals surface area contributed by atoms with Gasteiger partial charge in [0.05, 0.1) is 11.1 Å². The lowest BCUT2D eigenvalue weighted by molar-refractivity contribution is 0.597. The van der Waals surface area contributed by atoms with Gasteiger partial charge in [-0.05, 0) is 24.6 Å². The third-order valence-electron chi connectivity index (χ3n) is 2.41. The molecule has 0 amide bonds. The molecule has 3 N–H and O–H groups in total. The van der Waals surface area contributed by atoms with Crippen LogP contribution in [0.5, 0.6) is 0 Å². The molecule has 0 saturated heterocycles. The molecule has 18 heavy (non-hydrogen) atoms. The number of hydrogen-bond donors (Lipinski definition) is 2. The van der Waals surface area contributed by atoms with Crippen molar-refractivity contribution in [1.29, 1.82) is 0 Å². The van der Waals surface area contributed by atoms with Crippen molar-refractivity contribution in [3.63, 3.8) is 0 Å². The van der Waals surface area contributed by atoms with E-state index in [0.29, 0.717) is 0 Å². The lowest BCUT2D eigenvalue weighted by Gasteiger charge is -2.14. The molecule has 0 saturated carbocycles. The topological polar surface area (TPSA) is 98.0 Å². The minimum absolute atomic E-state index is 0.0612. The number of hydrogen-bond acceptors (Lipinski definition) is 6. The molecule has 1 aromatic heterocycles. The monoisotopic (exact) mass is 284 g/mol. The van der Waals surface area contributed by atoms with E-state index in [2.05, 4.69) is 14.9 Å². The summed E-state index contributed by atoms with van der Waals surface area (Å²) in [6.45, 7) is 1.92. The summed E-state index contributed by atoms with van der Waals surface area (Å²) in [5.74, 6) is 0. The van der Waals surface area contributed by atoms with Crippen molar-refractivity contribution >= 4 is 26.6 Å². The molecule has 1 heterocycles. The quantitative estimate of drug-likeness (QED) is 0.883. The van der Waals surface area contributed by atoms with Gasteiger partial charge in [-0.15, -0.1) is 5.10 Å². The fourth-order valence-electron chi connectivity index (χ4n) is 1.49. The first-order valence-corrected chi connectivity index (χ1v) is 7.45. The molecular weight excluding hydrogens is 272 g/mol. The standard InChI is InChI=1S/C10H12N4O2S2/c1-7(13-10-6-12-14-17-10)8-3-2-4-9(5-8)18(11,15)16/h2-7,13H,1H3,(H2,11,15,16). The highest BCUT2D eigenvalue weighted by molar-refractivity contribution is 7.89. The number of primary sulfonamides is 1. The first kappa shape index (κ1) is 12.9. The minimum Gasteiger partial charge on any atom is -0.368 e. The van der Waals surface area contributed by atoms with Crippen molar-refractivity contribution in [1.82, 2.24) is 9.59 Å². The summed E-state index contributed by atoms with van der Waals surface area (Å²) in [7, 11) is -3.67. The van der Waals surface area contributed by atoms with Gasteiger partial charge in [0.2, 0.25) is 10.0 Å². The Kier molecular flexibility index (Phi) is 3.60. The molecule has 6 nitrogen and oxygen atoms in total. The van der Waals surface area contributed by atoms with Crippen molar-refractivity contribution in [2.24, 2.45) is 5.14 Å². The van der Waals surface area contributed by atoms with Crippen LogP contribution in [0.1, 0.15) is 18.5 Å². The van der Waals surface area contributed by atoms with Crippen LogP contribution in [0.2, 0.25) is 0 Å². The molecule has 2 aromatic rings. The van der Waals surface area contributed by atoms with Crippen LogP contribution in [-0.2, 0) is 10.0 Å². The van der Waals surface area contributed by atoms with E-state index in [1.54, 1.807) is 18.3 Å². The number of benzene rings is 1. The smallest absolute Gasteiger partial charge is 0.238 e. The van der Waals surface area contributed by atoms with Crippen molar-refractivity contribution in [3.05, 3.63) is 36.0 Å². The third-order valence-corrected chi connectivity index (χ3v) is 3.91. The molecule has 0 radical (unpaired) electrons. The molecule has 0 aliphatic heterocycles. The highest BCUT2D eigenvalue weighted by Gasteiger charge is 2.12. The average molecular weight is 284 g/mol. The summed E-state index contributed by atoms with van der Waals surface area (Å²) in [6.07, 6.45) is 1.62. The predicted molar refractivity (Wildman–Crippen MR) is 69.8 cm³/mol. The van der Waals surface area contributed by atoms with Gasteiger partial charge in [-0.25, -0.2) is 13.6 Å². The minimum atomic E-state index is -3.67. The summed E-state index contributed by atoms with van der Waals surface area (Å²) in [4.78, 5) is 0.107. The van der Waals surface area contributed by atoms with Gasteiger partial charge in [-0.1, -0.05) is 16.6 Å². The maximum atomic E-state index is 11.3. The van der Waals surface area contributed by atoms with Gasteiger partial charge in [-0.3, -0.25) is 0 Å². The first-order valence-electron chi connectivity index (χ1n) is 5.13. The zero-order valence-corrected chi connectivity index (χ0v) is 11.2. The van der Waals surface area contributed by atoms with Crippen LogP contribution in [0, 0.1) is 0 Å². The molecule has 1 aromatic carbocycles. The van der Waals surface area contributed by atoms with Crippen LogP contribution in [0.15, 0.2) is 35.4 Å². The summed E-state index contributed by atoms with van der Waals surface area (Å²) in [5.41, 5.74) is 0.829. The summed E-state index contributed by atoms with van der Waals surface area (Å²) >= 11 is 1.24. The van der Waals surface area contributed by atoms with Crippen molar-refractivity contribution in [3.8, 4) is 0 Å². The van der Waals surface area contributed by atoms with Gasteiger partial charge in [0.15, 0.2) is 0 Å². The van der Waals surface area contributed by atoms with Gasteiger partial charge in [0.25, 0.3) is 0 Å². The number of aromatic nitrogens is 2. The molecule has 0 aliphatic rings. The Morgan fingerprint density at radius 2 is 2.22 bits per heavy atom. The van der Waals surface area contributed by atoms with E-state index in [9.17, 15) is 8.42 Å². The Labute approximate surface area is 109 Å². The number of rotatable bonds is 4. The Hall–Kier alpha value is -1.51. The zero-order valence-electron chi connectivity index (χ0n) is 9.57. The van der Waals surface area contributed by atoms with Gasteiger partial charge < -0.3 is 5.32 Å². The van der Waals surface area contributed by atoms with E-state index in [1.165, 1.54) is 17.6 Å². The molecular formula is C10H12N4O2S2. The SMILES string of the molecule is CC(Nc1cnns1)c1cccc(S(N)(=O)=O)c1. The lowest BCUT2D eigenvalue weighted by atomic mass is 10.1. The second-order valence-electron chi connectivity index (χ2n) is 3.77. The zero-order chi connectivity index (χ0) is 13.2. The summed E-state index contributed by atoms with van der Waals surface area (Å²) in [5, 5.41) is 12.8. The van der Waals surface area contributed by atoms with Gasteiger partial charge >= 0.3 is 0 Å². The summed E-state index contributed by atoms with van der Waals surface area (Å²) < 4.78 is 26.3. The van der Waals surface area contributed by atoms with E-state index in [-0.39, 0.29) is 10.9 Å². The second kappa shape index (κ2) is 5.01. The molecule has 0 spiro atoms. The number of nitrogens with zero attached hydrogens (tertiary/aromatic N) is 2. The normalized spacial score (nSPS) is 13.2. The second-order valence-corrected chi connectivity index (χ2v) is 6.11. The lowest BCUT2D eigenvalue weighted by Crippen LogP contribution is -2.13. The summed E-state index contributed by atoms with van der Waals surface area (Å²) in [6, 6.07) is 6.47. The van der Waals surface area contributed by atoms with Gasteiger partial charge in [0.1, 0.15) is 5.00 Å². The molecule has 0 aliphatic carbocycles. The van der Waals surface area contributed by atoms with Crippen LogP contribution in [0.25, 0.3) is 0 Å². The molecule has 0 bridgehead atoms. The van der Waals surface area contributed by atoms with Gasteiger partial charge in [0, 0.05) is 17.6 Å². The Bertz CT molecular complexity index is 625. The highest BCUT2D eigenvalue weighted by Crippen LogP contribution is 2.22. The van der Waals surface area contributed by atoms with E-state index in [4.69, 9.17) is 5.14 Å². The Morgan fingerprint density at radius 1 is 1.44 bits per heavy atom.